The highest BCUT2D eigenvalue weighted by molar-refractivity contribution is 5.89. The summed E-state index contributed by atoms with van der Waals surface area (Å²) in [6, 6.07) is -0.0232. The number of hydrogen-bond donors (Lipinski definition) is 1. The third-order valence-corrected chi connectivity index (χ3v) is 1.46. The van der Waals surface area contributed by atoms with E-state index in [2.05, 4.69) is 4.98 Å². The molecule has 0 radical (unpaired) electrons. The molecule has 0 bridgehead atoms. The number of nitrogens with zero attached hydrogens (tertiary/aromatic N) is 2. The van der Waals surface area contributed by atoms with Gasteiger partial charge < -0.3 is 9.52 Å². The fourth-order valence-corrected chi connectivity index (χ4v) is 0.654. The lowest BCUT2D eigenvalue weighted by Gasteiger charge is -2.07. The Balaban J connectivity index is 2.91. The molecule has 0 saturated heterocycles. The SMILES string of the molecule is CC(=O)N(C)c1ncc(C(=O)O)o1. The van der Waals surface area contributed by atoms with Crippen LogP contribution in [-0.4, -0.2) is 29.0 Å². The van der Waals surface area contributed by atoms with Crippen LogP contribution in [-0.2, 0) is 4.79 Å². The Bertz CT molecular complexity index is 344. The van der Waals surface area contributed by atoms with Gasteiger partial charge in [0.1, 0.15) is 0 Å². The van der Waals surface area contributed by atoms with Gasteiger partial charge in [0.2, 0.25) is 11.7 Å². The number of amides is 1. The number of anilines is 1. The highest BCUT2D eigenvalue weighted by Gasteiger charge is 2.15. The Morgan fingerprint density at radius 3 is 2.62 bits per heavy atom. The van der Waals surface area contributed by atoms with E-state index in [0.717, 1.165) is 11.1 Å². The average molecular weight is 184 g/mol. The summed E-state index contributed by atoms with van der Waals surface area (Å²) in [6.07, 6.45) is 1.05. The number of carboxylic acid groups (broad SMARTS) is 1. The van der Waals surface area contributed by atoms with E-state index in [4.69, 9.17) is 9.52 Å². The van der Waals surface area contributed by atoms with Gasteiger partial charge in [-0.3, -0.25) is 9.69 Å². The minimum atomic E-state index is -1.21. The fourth-order valence-electron chi connectivity index (χ4n) is 0.654. The van der Waals surface area contributed by atoms with Crippen molar-refractivity contribution in [1.29, 1.82) is 0 Å². The third-order valence-electron chi connectivity index (χ3n) is 1.46. The van der Waals surface area contributed by atoms with Crippen LogP contribution in [0.25, 0.3) is 0 Å². The van der Waals surface area contributed by atoms with Gasteiger partial charge in [0.25, 0.3) is 0 Å². The van der Waals surface area contributed by atoms with Crippen molar-refractivity contribution in [2.24, 2.45) is 0 Å². The summed E-state index contributed by atoms with van der Waals surface area (Å²) in [5.74, 6) is -1.78. The van der Waals surface area contributed by atoms with E-state index >= 15 is 0 Å². The minimum Gasteiger partial charge on any atom is -0.475 e. The van der Waals surface area contributed by atoms with Crippen LogP contribution in [0, 0.1) is 0 Å². The Hall–Kier alpha value is -1.85. The molecule has 1 N–H and O–H groups in total. The van der Waals surface area contributed by atoms with Crippen molar-refractivity contribution in [3.63, 3.8) is 0 Å². The maximum absolute atomic E-state index is 10.8. The zero-order chi connectivity index (χ0) is 10.0. The molecule has 6 nitrogen and oxygen atoms in total. The van der Waals surface area contributed by atoms with Gasteiger partial charge in [-0.25, -0.2) is 9.78 Å². The van der Waals surface area contributed by atoms with Crippen LogP contribution in [0.1, 0.15) is 17.5 Å². The molecule has 13 heavy (non-hydrogen) atoms. The van der Waals surface area contributed by atoms with Gasteiger partial charge in [0.15, 0.2) is 0 Å². The first-order chi connectivity index (χ1) is 6.02. The molecular formula is C7H8N2O4. The highest BCUT2D eigenvalue weighted by atomic mass is 16.4. The van der Waals surface area contributed by atoms with Crippen LogP contribution >= 0.6 is 0 Å². The van der Waals surface area contributed by atoms with Crippen molar-refractivity contribution >= 4 is 17.9 Å². The van der Waals surface area contributed by atoms with Crippen molar-refractivity contribution in [1.82, 2.24) is 4.98 Å². The van der Waals surface area contributed by atoms with Crippen LogP contribution < -0.4 is 4.90 Å². The summed E-state index contributed by atoms with van der Waals surface area (Å²) in [5, 5.41) is 8.48. The maximum Gasteiger partial charge on any atom is 0.373 e. The van der Waals surface area contributed by atoms with Gasteiger partial charge >= 0.3 is 12.0 Å². The van der Waals surface area contributed by atoms with Gasteiger partial charge in [0.05, 0.1) is 6.20 Å². The lowest BCUT2D eigenvalue weighted by molar-refractivity contribution is -0.116. The molecule has 1 aromatic rings. The van der Waals surface area contributed by atoms with E-state index in [9.17, 15) is 9.59 Å². The number of carbonyl (C=O) groups excluding carboxylic acids is 1. The molecule has 70 valence electrons. The standard InChI is InChI=1S/C7H8N2O4/c1-4(10)9(2)7-8-3-5(13-7)6(11)12/h3H,1-2H3,(H,11,12). The second-order valence-corrected chi connectivity index (χ2v) is 2.39. The second kappa shape index (κ2) is 3.26. The molecule has 0 spiro atoms. The molecular weight excluding hydrogens is 176 g/mol. The van der Waals surface area contributed by atoms with Crippen molar-refractivity contribution in [3.8, 4) is 0 Å². The average Bonchev–Trinajstić information content (AvgIpc) is 2.50. The Labute approximate surface area is 73.8 Å². The van der Waals surface area contributed by atoms with Crippen molar-refractivity contribution in [3.05, 3.63) is 12.0 Å². The van der Waals surface area contributed by atoms with Gasteiger partial charge in [0, 0.05) is 14.0 Å². The van der Waals surface area contributed by atoms with Crippen LogP contribution in [0.5, 0.6) is 0 Å². The largest absolute Gasteiger partial charge is 0.475 e. The second-order valence-electron chi connectivity index (χ2n) is 2.39. The summed E-state index contributed by atoms with van der Waals surface area (Å²) >= 11 is 0. The summed E-state index contributed by atoms with van der Waals surface area (Å²) in [4.78, 5) is 25.9. The number of oxazole rings is 1. The Morgan fingerprint density at radius 1 is 1.62 bits per heavy atom. The summed E-state index contributed by atoms with van der Waals surface area (Å²) in [6.45, 7) is 1.32. The van der Waals surface area contributed by atoms with Crippen molar-refractivity contribution < 1.29 is 19.1 Å². The number of hydrogen-bond acceptors (Lipinski definition) is 4. The predicted molar refractivity (Wildman–Crippen MR) is 42.5 cm³/mol. The van der Waals surface area contributed by atoms with Crippen molar-refractivity contribution in [2.45, 2.75) is 6.92 Å². The first-order valence-electron chi connectivity index (χ1n) is 3.46. The van der Waals surface area contributed by atoms with E-state index < -0.39 is 5.97 Å². The molecule has 1 amide bonds. The van der Waals surface area contributed by atoms with Crippen LogP contribution in [0.2, 0.25) is 0 Å². The van der Waals surface area contributed by atoms with E-state index in [1.807, 2.05) is 0 Å². The molecule has 0 fully saturated rings. The van der Waals surface area contributed by atoms with E-state index in [0.29, 0.717) is 0 Å². The first kappa shape index (κ1) is 9.24. The Kier molecular flexibility index (Phi) is 2.32. The minimum absolute atomic E-state index is 0.0232. The molecule has 1 heterocycles. The van der Waals surface area contributed by atoms with E-state index in [1.165, 1.54) is 14.0 Å². The summed E-state index contributed by atoms with van der Waals surface area (Å²) in [5.41, 5.74) is 0. The number of carbonyl (C=O) groups is 2. The molecule has 0 aliphatic rings. The van der Waals surface area contributed by atoms with Gasteiger partial charge in [-0.15, -0.1) is 0 Å². The topological polar surface area (TPSA) is 83.6 Å². The molecule has 1 aromatic heterocycles. The monoisotopic (exact) mass is 184 g/mol. The lowest BCUT2D eigenvalue weighted by atomic mass is 10.5. The summed E-state index contributed by atoms with van der Waals surface area (Å²) in [7, 11) is 1.44. The zero-order valence-corrected chi connectivity index (χ0v) is 7.14. The van der Waals surface area contributed by atoms with Crippen molar-refractivity contribution in [2.75, 3.05) is 11.9 Å². The normalized spacial score (nSPS) is 9.69. The Morgan fingerprint density at radius 2 is 2.23 bits per heavy atom. The molecule has 0 atom stereocenters. The molecule has 0 aliphatic heterocycles. The predicted octanol–water partition coefficient (Wildman–Crippen LogP) is 0.355. The van der Waals surface area contributed by atoms with Crippen LogP contribution in [0.4, 0.5) is 6.01 Å². The smallest absolute Gasteiger partial charge is 0.373 e. The molecule has 0 saturated carbocycles. The third kappa shape index (κ3) is 1.84. The molecule has 0 unspecified atom stereocenters. The number of aromatic nitrogens is 1. The number of carboxylic acids is 1. The highest BCUT2D eigenvalue weighted by Crippen LogP contribution is 2.12. The summed E-state index contributed by atoms with van der Waals surface area (Å²) < 4.78 is 4.76. The van der Waals surface area contributed by atoms with Gasteiger partial charge in [-0.1, -0.05) is 0 Å². The molecule has 1 rings (SSSR count). The number of aromatic carboxylic acids is 1. The van der Waals surface area contributed by atoms with Crippen LogP contribution in [0.3, 0.4) is 0 Å². The lowest BCUT2D eigenvalue weighted by Crippen LogP contribution is -2.22. The number of rotatable bonds is 2. The zero-order valence-electron chi connectivity index (χ0n) is 7.14. The van der Waals surface area contributed by atoms with Gasteiger partial charge in [-0.2, -0.15) is 0 Å². The van der Waals surface area contributed by atoms with Gasteiger partial charge in [-0.05, 0) is 0 Å². The quantitative estimate of drug-likeness (QED) is 0.717. The molecule has 0 aliphatic carbocycles. The van der Waals surface area contributed by atoms with Crippen LogP contribution in [0.15, 0.2) is 10.6 Å². The molecule has 6 heteroatoms. The fraction of sp³-hybridized carbons (Fsp3) is 0.286. The first-order valence-corrected chi connectivity index (χ1v) is 3.46. The van der Waals surface area contributed by atoms with E-state index in [1.54, 1.807) is 0 Å². The van der Waals surface area contributed by atoms with E-state index in [-0.39, 0.29) is 17.7 Å². The maximum atomic E-state index is 10.8. The molecule has 0 aromatic carbocycles.